The molecule has 0 spiro atoms. The second-order valence-electron chi connectivity index (χ2n) is 13.8. The van der Waals surface area contributed by atoms with Crippen LogP contribution in [-0.4, -0.2) is 99.0 Å². The molecule has 1 aromatic heterocycles. The molecule has 0 aliphatic carbocycles. The Labute approximate surface area is 361 Å². The van der Waals surface area contributed by atoms with Crippen molar-refractivity contribution in [1.82, 2.24) is 9.80 Å². The van der Waals surface area contributed by atoms with Crippen molar-refractivity contribution in [2.45, 2.75) is 45.1 Å². The normalized spacial score (nSPS) is 13.7. The van der Waals surface area contributed by atoms with Gasteiger partial charge in [0.05, 0.1) is 25.8 Å². The van der Waals surface area contributed by atoms with Crippen molar-refractivity contribution in [2.24, 2.45) is 0 Å². The van der Waals surface area contributed by atoms with E-state index < -0.39 is 23.1 Å². The molecule has 5 rings (SSSR count). The van der Waals surface area contributed by atoms with Crippen LogP contribution in [0, 0.1) is 13.9 Å². The topological polar surface area (TPSA) is 156 Å². The average molecular weight is 880 g/mol. The van der Waals surface area contributed by atoms with Gasteiger partial charge in [-0.3, -0.25) is 9.69 Å². The van der Waals surface area contributed by atoms with E-state index in [2.05, 4.69) is 33.7 Å². The first-order valence-electron chi connectivity index (χ1n) is 19.7. The van der Waals surface area contributed by atoms with Crippen LogP contribution in [0.3, 0.4) is 0 Å². The van der Waals surface area contributed by atoms with E-state index in [1.807, 2.05) is 18.2 Å². The molecule has 3 aromatic carbocycles. The molecule has 1 aliphatic heterocycles. The quantitative estimate of drug-likeness (QED) is 0.0102. The maximum atomic E-state index is 13.6. The highest BCUT2D eigenvalue weighted by Gasteiger charge is 2.26. The first-order chi connectivity index (χ1) is 29.1. The summed E-state index contributed by atoms with van der Waals surface area (Å²) in [7, 11) is 4.72. The van der Waals surface area contributed by atoms with Crippen molar-refractivity contribution in [3.8, 4) is 27.7 Å². The zero-order valence-electron chi connectivity index (χ0n) is 33.6. The average Bonchev–Trinajstić information content (AvgIpc) is 3.70. The molecule has 0 saturated carbocycles. The number of piperazine rings is 1. The van der Waals surface area contributed by atoms with Crippen LogP contribution in [0.2, 0.25) is 0 Å². The van der Waals surface area contributed by atoms with E-state index in [4.69, 9.17) is 35.9 Å². The van der Waals surface area contributed by atoms with Crippen LogP contribution in [0.25, 0.3) is 16.5 Å². The van der Waals surface area contributed by atoms with Gasteiger partial charge in [-0.2, -0.15) is 0 Å². The lowest BCUT2D eigenvalue weighted by molar-refractivity contribution is -0.757. The number of benzene rings is 3. The number of hydrogen-bond donors (Lipinski definition) is 0. The Kier molecular flexibility index (Phi) is 18.5. The van der Waals surface area contributed by atoms with E-state index in [-0.39, 0.29) is 42.8 Å². The number of carbonyl (C=O) groups excluding carboxylic acids is 3. The second-order valence-corrected chi connectivity index (χ2v) is 16.7. The van der Waals surface area contributed by atoms with Gasteiger partial charge in [-0.1, -0.05) is 70.5 Å². The minimum Gasteiger partial charge on any atom is -0.494 e. The monoisotopic (exact) mass is 879 g/mol. The summed E-state index contributed by atoms with van der Waals surface area (Å²) < 4.78 is 29.1. The van der Waals surface area contributed by atoms with E-state index in [0.29, 0.717) is 24.2 Å². The van der Waals surface area contributed by atoms with Gasteiger partial charge in [0.2, 0.25) is 0 Å². The van der Waals surface area contributed by atoms with E-state index in [9.17, 15) is 24.5 Å². The van der Waals surface area contributed by atoms with Gasteiger partial charge < -0.3 is 33.4 Å². The molecule has 4 aromatic rings. The summed E-state index contributed by atoms with van der Waals surface area (Å²) in [4.78, 5) is 59.0. The third-order valence-corrected chi connectivity index (χ3v) is 12.4. The van der Waals surface area contributed by atoms with Gasteiger partial charge in [-0.05, 0) is 98.0 Å². The number of methoxy groups -OCH3 is 1. The molecule has 1 saturated heterocycles. The fraction of sp³-hybridized carbons (Fsp3) is 0.395. The predicted octanol–water partition coefficient (Wildman–Crippen LogP) is 8.45. The minimum atomic E-state index is -0.972. The molecule has 1 fully saturated rings. The molecule has 320 valence electrons. The number of unbranched alkanes of at least 4 members (excludes halogenated alkanes) is 2. The minimum absolute atomic E-state index is 0.145. The lowest BCUT2D eigenvalue weighted by Gasteiger charge is -2.34. The van der Waals surface area contributed by atoms with Gasteiger partial charge in [0.1, 0.15) is 28.9 Å². The Morgan fingerprint density at radius 2 is 1.67 bits per heavy atom. The first-order valence-corrected chi connectivity index (χ1v) is 22.3. The number of ether oxygens (including phenoxy) is 5. The lowest BCUT2D eigenvalue weighted by Crippen LogP contribution is -2.48. The molecule has 60 heavy (non-hydrogen) atoms. The number of hydrogen-bond acceptors (Lipinski definition) is 16. The van der Waals surface area contributed by atoms with Crippen molar-refractivity contribution in [3.05, 3.63) is 110 Å². The van der Waals surface area contributed by atoms with E-state index in [0.717, 1.165) is 79.6 Å². The summed E-state index contributed by atoms with van der Waals surface area (Å²) in [5.74, 6) is -0.480. The third-order valence-electron chi connectivity index (χ3n) is 9.50. The molecule has 1 unspecified atom stereocenters. The Bertz CT molecular complexity index is 2110. The molecule has 0 bridgehead atoms. The summed E-state index contributed by atoms with van der Waals surface area (Å²) in [6, 6.07) is 21.8. The van der Waals surface area contributed by atoms with Gasteiger partial charge in [0.15, 0.2) is 11.5 Å². The smallest absolute Gasteiger partial charge is 0.344 e. The molecular weight excluding hydrogens is 831 g/mol. The molecule has 2 heterocycles. The Balaban J connectivity index is 1.07. The Morgan fingerprint density at radius 3 is 2.38 bits per heavy atom. The van der Waals surface area contributed by atoms with Crippen LogP contribution >= 0.6 is 32.9 Å². The Hall–Kier alpha value is -5.20. The van der Waals surface area contributed by atoms with E-state index in [1.165, 1.54) is 24.1 Å². The maximum absolute atomic E-state index is 13.6. The predicted molar refractivity (Wildman–Crippen MR) is 232 cm³/mol. The number of esters is 3. The van der Waals surface area contributed by atoms with Gasteiger partial charge in [-0.25, -0.2) is 9.59 Å². The molecule has 0 N–H and O–H groups in total. The van der Waals surface area contributed by atoms with Gasteiger partial charge in [0.25, 0.3) is 5.09 Å². The van der Waals surface area contributed by atoms with Gasteiger partial charge in [-0.15, -0.1) is 10.1 Å². The van der Waals surface area contributed by atoms with Crippen LogP contribution in [-0.2, 0) is 23.9 Å². The highest BCUT2D eigenvalue weighted by Crippen LogP contribution is 2.33. The van der Waals surface area contributed by atoms with Crippen molar-refractivity contribution in [3.63, 3.8) is 0 Å². The SMILES string of the molecule is CCCCC(OC(=O)CN1CCN(CCCCOc2ccc(-c3cc(=S)ss3)cc2)CC1)c1ccccc1C(=O)Oc1ccc(/C=C/C(=O)OCCO[N+](=O)[O-])cc1OC. The van der Waals surface area contributed by atoms with Crippen LogP contribution in [0.1, 0.15) is 66.6 Å². The second kappa shape index (κ2) is 24.2. The summed E-state index contributed by atoms with van der Waals surface area (Å²) in [6.45, 7) is 6.37. The molecule has 1 atom stereocenters. The molecule has 14 nitrogen and oxygen atoms in total. The highest BCUT2D eigenvalue weighted by atomic mass is 32.9. The van der Waals surface area contributed by atoms with Crippen molar-refractivity contribution < 1.29 is 48.0 Å². The Morgan fingerprint density at radius 1 is 0.900 bits per heavy atom. The van der Waals surface area contributed by atoms with Crippen molar-refractivity contribution >= 4 is 56.9 Å². The van der Waals surface area contributed by atoms with E-state index >= 15 is 0 Å². The molecule has 0 radical (unpaired) electrons. The van der Waals surface area contributed by atoms with Crippen LogP contribution in [0.4, 0.5) is 0 Å². The van der Waals surface area contributed by atoms with Gasteiger partial charge >= 0.3 is 17.9 Å². The first kappa shape index (κ1) is 45.9. The standard InChI is InChI=1S/C43H49N3O11S3/c1-3-4-11-36(34-9-5-6-10-35(34)43(49)57-37-18-12-31(28-38(37)52-2)13-19-40(47)54-26-27-55-46(50)51)56-41(48)30-45-23-21-44(22-24-45)20-7-8-25-53-33-16-14-32(15-17-33)39-29-42(58)60-59-39/h5-6,9-10,12-19,28-29,36H,3-4,7-8,11,20-27,30H2,1-2H3/b19-13+. The number of nitrogens with zero attached hydrogens (tertiary/aromatic N) is 3. The molecule has 1 aliphatic rings. The summed E-state index contributed by atoms with van der Waals surface area (Å²) >= 11 is 5.25. The highest BCUT2D eigenvalue weighted by molar-refractivity contribution is 7.80. The van der Waals surface area contributed by atoms with E-state index in [1.54, 1.807) is 57.1 Å². The van der Waals surface area contributed by atoms with Crippen LogP contribution < -0.4 is 14.2 Å². The largest absolute Gasteiger partial charge is 0.494 e. The number of rotatable bonds is 23. The third kappa shape index (κ3) is 14.8. The fourth-order valence-corrected chi connectivity index (χ4v) is 8.79. The summed E-state index contributed by atoms with van der Waals surface area (Å²) in [6.07, 6.45) is 6.11. The van der Waals surface area contributed by atoms with Crippen molar-refractivity contribution in [2.75, 3.05) is 66.2 Å². The molecular formula is C43H49N3O11S3. The van der Waals surface area contributed by atoms with Gasteiger partial charge in [0, 0.05) is 42.7 Å². The molecule has 0 amide bonds. The molecule has 17 heteroatoms. The fourth-order valence-electron chi connectivity index (χ4n) is 6.39. The summed E-state index contributed by atoms with van der Waals surface area (Å²) in [5.41, 5.74) is 2.51. The summed E-state index contributed by atoms with van der Waals surface area (Å²) in [5, 5.41) is 9.25. The van der Waals surface area contributed by atoms with Crippen molar-refractivity contribution in [1.29, 1.82) is 0 Å². The lowest BCUT2D eigenvalue weighted by atomic mass is 9.98. The van der Waals surface area contributed by atoms with Crippen LogP contribution in [0.15, 0.2) is 78.9 Å². The van der Waals surface area contributed by atoms with Crippen LogP contribution in [0.5, 0.6) is 17.2 Å². The maximum Gasteiger partial charge on any atom is 0.344 e. The zero-order valence-corrected chi connectivity index (χ0v) is 36.1. The number of carbonyl (C=O) groups is 3. The zero-order chi connectivity index (χ0) is 42.7.